The second-order valence-corrected chi connectivity index (χ2v) is 5.01. The van der Waals surface area contributed by atoms with Crippen molar-refractivity contribution in [1.29, 1.82) is 0 Å². The van der Waals surface area contributed by atoms with Gasteiger partial charge in [-0.2, -0.15) is 0 Å². The van der Waals surface area contributed by atoms with Crippen molar-refractivity contribution in [2.45, 2.75) is 18.9 Å². The Balaban J connectivity index is 2.22. The van der Waals surface area contributed by atoms with Crippen LogP contribution in [0.15, 0.2) is 24.3 Å². The van der Waals surface area contributed by atoms with E-state index < -0.39 is 0 Å². The molecule has 0 amide bonds. The number of nitrogens with zero attached hydrogens (tertiary/aromatic N) is 1. The Morgan fingerprint density at radius 1 is 1.16 bits per heavy atom. The van der Waals surface area contributed by atoms with Crippen LogP contribution in [0.4, 0.5) is 0 Å². The Morgan fingerprint density at radius 3 is 2.42 bits per heavy atom. The van der Waals surface area contributed by atoms with Gasteiger partial charge in [-0.25, -0.2) is 0 Å². The van der Waals surface area contributed by atoms with E-state index >= 15 is 0 Å². The summed E-state index contributed by atoms with van der Waals surface area (Å²) in [6, 6.07) is 4.32. The Hall–Kier alpha value is -1.75. The third kappa shape index (κ3) is 1.94. The molecule has 100 valence electrons. The summed E-state index contributed by atoms with van der Waals surface area (Å²) >= 11 is 5.45. The van der Waals surface area contributed by atoms with Crippen molar-refractivity contribution in [3.05, 3.63) is 29.1 Å². The van der Waals surface area contributed by atoms with Crippen LogP contribution >= 0.6 is 12.2 Å². The van der Waals surface area contributed by atoms with Crippen LogP contribution < -0.4 is 9.47 Å². The summed E-state index contributed by atoms with van der Waals surface area (Å²) in [6.45, 7) is 0. The molecule has 0 saturated carbocycles. The van der Waals surface area contributed by atoms with E-state index in [1.807, 2.05) is 12.1 Å². The number of allylic oxidation sites excluding steroid dienone is 2. The van der Waals surface area contributed by atoms with Gasteiger partial charge in [0.25, 0.3) is 0 Å². The van der Waals surface area contributed by atoms with Crippen LogP contribution in [0.3, 0.4) is 0 Å². The van der Waals surface area contributed by atoms with Crippen molar-refractivity contribution in [2.75, 3.05) is 14.2 Å². The summed E-state index contributed by atoms with van der Waals surface area (Å²) in [6.07, 6.45) is 6.45. The average molecular weight is 276 g/mol. The highest BCUT2D eigenvalue weighted by Gasteiger charge is 2.18. The number of nitrogens with one attached hydrogen (secondary N) is 1. The smallest absolute Gasteiger partial charge is 0.178 e. The number of H-pyrrole nitrogens is 1. The second kappa shape index (κ2) is 4.74. The summed E-state index contributed by atoms with van der Waals surface area (Å²) in [5.41, 5.74) is 2.05. The van der Waals surface area contributed by atoms with Crippen LogP contribution in [0.1, 0.15) is 18.9 Å². The number of fused-ring (bicyclic) bond motifs is 1. The van der Waals surface area contributed by atoms with Gasteiger partial charge in [0.15, 0.2) is 16.3 Å². The van der Waals surface area contributed by atoms with Gasteiger partial charge >= 0.3 is 0 Å². The van der Waals surface area contributed by atoms with Gasteiger partial charge in [-0.1, -0.05) is 12.2 Å². The zero-order valence-electron chi connectivity index (χ0n) is 11.0. The number of ether oxygens (including phenoxy) is 2. The van der Waals surface area contributed by atoms with Crippen molar-refractivity contribution in [1.82, 2.24) is 9.55 Å². The van der Waals surface area contributed by atoms with Gasteiger partial charge in [-0.15, -0.1) is 0 Å². The molecular weight excluding hydrogens is 260 g/mol. The van der Waals surface area contributed by atoms with Crippen LogP contribution in [0.2, 0.25) is 0 Å². The molecule has 1 aromatic heterocycles. The number of hydrogen-bond donors (Lipinski definition) is 1. The summed E-state index contributed by atoms with van der Waals surface area (Å²) < 4.78 is 13.6. The molecule has 0 aliphatic heterocycles. The number of rotatable bonds is 3. The van der Waals surface area contributed by atoms with E-state index in [1.165, 1.54) is 0 Å². The molecule has 0 saturated heterocycles. The van der Waals surface area contributed by atoms with Gasteiger partial charge < -0.3 is 19.0 Å². The maximum Gasteiger partial charge on any atom is 0.178 e. The molecule has 1 N–H and O–H groups in total. The van der Waals surface area contributed by atoms with Crippen LogP contribution in [0.5, 0.6) is 11.5 Å². The number of methoxy groups -OCH3 is 2. The quantitative estimate of drug-likeness (QED) is 0.687. The van der Waals surface area contributed by atoms with Gasteiger partial charge in [0, 0.05) is 18.2 Å². The Bertz CT molecular complexity index is 691. The lowest BCUT2D eigenvalue weighted by molar-refractivity contribution is 0.355. The maximum atomic E-state index is 5.45. The minimum atomic E-state index is 0.402. The first-order valence-corrected chi connectivity index (χ1v) is 6.66. The molecule has 1 aromatic carbocycles. The third-order valence-corrected chi connectivity index (χ3v) is 3.87. The highest BCUT2D eigenvalue weighted by atomic mass is 32.1. The molecule has 0 unspecified atom stereocenters. The van der Waals surface area contributed by atoms with E-state index in [0.717, 1.165) is 34.4 Å². The highest BCUT2D eigenvalue weighted by molar-refractivity contribution is 7.71. The van der Waals surface area contributed by atoms with Crippen LogP contribution in [-0.4, -0.2) is 23.8 Å². The highest BCUT2D eigenvalue weighted by Crippen LogP contribution is 2.35. The second-order valence-electron chi connectivity index (χ2n) is 4.62. The summed E-state index contributed by atoms with van der Waals surface area (Å²) in [5.74, 6) is 1.44. The van der Waals surface area contributed by atoms with E-state index in [4.69, 9.17) is 21.7 Å². The molecule has 4 nitrogen and oxygen atoms in total. The fourth-order valence-corrected chi connectivity index (χ4v) is 2.99. The lowest BCUT2D eigenvalue weighted by Gasteiger charge is -2.14. The molecule has 0 spiro atoms. The van der Waals surface area contributed by atoms with Gasteiger partial charge in [-0.3, -0.25) is 0 Å². The molecule has 1 aliphatic carbocycles. The lowest BCUT2D eigenvalue weighted by atomic mass is 10.2. The molecule has 1 aliphatic rings. The van der Waals surface area contributed by atoms with Crippen LogP contribution in [-0.2, 0) is 0 Å². The van der Waals surface area contributed by atoms with Crippen molar-refractivity contribution < 1.29 is 9.47 Å². The summed E-state index contributed by atoms with van der Waals surface area (Å²) in [7, 11) is 3.28. The van der Waals surface area contributed by atoms with Crippen LogP contribution in [0.25, 0.3) is 11.0 Å². The first-order chi connectivity index (χ1) is 9.24. The molecule has 19 heavy (non-hydrogen) atoms. The van der Waals surface area contributed by atoms with Gasteiger partial charge in [-0.05, 0) is 25.1 Å². The SMILES string of the molecule is COc1cc2[nH]c(=S)n(C3CC=CC3)c2cc1OC. The van der Waals surface area contributed by atoms with E-state index in [-0.39, 0.29) is 0 Å². The molecule has 0 radical (unpaired) electrons. The van der Waals surface area contributed by atoms with E-state index in [1.54, 1.807) is 14.2 Å². The molecule has 1 heterocycles. The van der Waals surface area contributed by atoms with E-state index in [0.29, 0.717) is 11.8 Å². The number of aromatic amines is 1. The number of hydrogen-bond acceptors (Lipinski definition) is 3. The predicted octanol–water partition coefficient (Wildman–Crippen LogP) is 3.61. The Morgan fingerprint density at radius 2 is 1.79 bits per heavy atom. The third-order valence-electron chi connectivity index (χ3n) is 3.57. The normalized spacial score (nSPS) is 15.3. The van der Waals surface area contributed by atoms with Gasteiger partial charge in [0.05, 0.1) is 25.3 Å². The molecule has 5 heteroatoms. The fourth-order valence-electron chi connectivity index (χ4n) is 2.63. The molecule has 0 atom stereocenters. The van der Waals surface area contributed by atoms with Gasteiger partial charge in [0.2, 0.25) is 0 Å². The zero-order valence-corrected chi connectivity index (χ0v) is 11.8. The fraction of sp³-hybridized carbons (Fsp3) is 0.357. The minimum Gasteiger partial charge on any atom is -0.493 e. The average Bonchev–Trinajstić information content (AvgIpc) is 3.02. The number of benzene rings is 1. The molecule has 2 aromatic rings. The lowest BCUT2D eigenvalue weighted by Crippen LogP contribution is -2.05. The topological polar surface area (TPSA) is 39.2 Å². The summed E-state index contributed by atoms with van der Waals surface area (Å²) in [4.78, 5) is 3.24. The van der Waals surface area contributed by atoms with Gasteiger partial charge in [0.1, 0.15) is 0 Å². The first kappa shape index (κ1) is 12.3. The monoisotopic (exact) mass is 276 g/mol. The van der Waals surface area contributed by atoms with E-state index in [2.05, 4.69) is 21.7 Å². The maximum absolute atomic E-state index is 5.45. The first-order valence-electron chi connectivity index (χ1n) is 6.26. The number of imidazole rings is 1. The molecular formula is C14H16N2O2S. The van der Waals surface area contributed by atoms with Crippen LogP contribution in [0, 0.1) is 4.77 Å². The minimum absolute atomic E-state index is 0.402. The Labute approximate surface area is 116 Å². The standard InChI is InChI=1S/C14H16N2O2S/c1-17-12-7-10-11(8-13(12)18-2)16(14(19)15-10)9-5-3-4-6-9/h3-4,7-9H,5-6H2,1-2H3,(H,15,19). The van der Waals surface area contributed by atoms with E-state index in [9.17, 15) is 0 Å². The Kier molecular flexibility index (Phi) is 3.06. The number of aromatic nitrogens is 2. The van der Waals surface area contributed by atoms with Crippen molar-refractivity contribution in [3.63, 3.8) is 0 Å². The van der Waals surface area contributed by atoms with Crippen molar-refractivity contribution >= 4 is 23.3 Å². The molecule has 0 fully saturated rings. The molecule has 3 rings (SSSR count). The largest absolute Gasteiger partial charge is 0.493 e. The van der Waals surface area contributed by atoms with Crippen molar-refractivity contribution in [2.24, 2.45) is 0 Å². The molecule has 0 bridgehead atoms. The van der Waals surface area contributed by atoms with Crippen molar-refractivity contribution in [3.8, 4) is 11.5 Å². The zero-order chi connectivity index (χ0) is 13.4. The predicted molar refractivity (Wildman–Crippen MR) is 77.6 cm³/mol. The summed E-state index contributed by atoms with van der Waals surface area (Å²) in [5, 5.41) is 0.